The number of benzene rings is 1. The zero-order valence-electron chi connectivity index (χ0n) is 10.4. The van der Waals surface area contributed by atoms with Crippen LogP contribution >= 0.6 is 0 Å². The Morgan fingerprint density at radius 1 is 1.11 bits per heavy atom. The summed E-state index contributed by atoms with van der Waals surface area (Å²) in [5.74, 6) is 4.49. The number of amides is 3. The lowest BCUT2D eigenvalue weighted by Crippen LogP contribution is -2.31. The van der Waals surface area contributed by atoms with E-state index in [1.54, 1.807) is 24.3 Å². The molecule has 0 saturated carbocycles. The molecule has 0 unspecified atom stereocenters. The molecule has 2 rings (SSSR count). The van der Waals surface area contributed by atoms with E-state index in [0.29, 0.717) is 19.4 Å². The number of carbonyl (C=O) groups excluding carboxylic acids is 3. The zero-order chi connectivity index (χ0) is 13.8. The van der Waals surface area contributed by atoms with Gasteiger partial charge in [0.05, 0.1) is 13.0 Å². The van der Waals surface area contributed by atoms with Crippen molar-refractivity contribution in [3.63, 3.8) is 0 Å². The van der Waals surface area contributed by atoms with Crippen LogP contribution in [0.2, 0.25) is 0 Å². The van der Waals surface area contributed by atoms with E-state index < -0.39 is 0 Å². The van der Waals surface area contributed by atoms with Gasteiger partial charge in [-0.2, -0.15) is 0 Å². The number of hydrazine groups is 1. The Labute approximate surface area is 110 Å². The van der Waals surface area contributed by atoms with E-state index in [0.717, 1.165) is 11.1 Å². The van der Waals surface area contributed by atoms with Crippen LogP contribution in [0.25, 0.3) is 0 Å². The number of imide groups is 1. The minimum Gasteiger partial charge on any atom is -0.294 e. The highest BCUT2D eigenvalue weighted by Crippen LogP contribution is 2.16. The fourth-order valence-corrected chi connectivity index (χ4v) is 1.98. The van der Waals surface area contributed by atoms with E-state index in [4.69, 9.17) is 5.84 Å². The molecule has 6 heteroatoms. The summed E-state index contributed by atoms with van der Waals surface area (Å²) in [7, 11) is 0. The Morgan fingerprint density at radius 3 is 2.16 bits per heavy atom. The smallest absolute Gasteiger partial charge is 0.238 e. The molecule has 100 valence electrons. The van der Waals surface area contributed by atoms with E-state index in [1.807, 2.05) is 0 Å². The Balaban J connectivity index is 2.00. The second-order valence-corrected chi connectivity index (χ2v) is 4.43. The van der Waals surface area contributed by atoms with Crippen LogP contribution in [0.15, 0.2) is 24.3 Å². The first kappa shape index (κ1) is 13.2. The van der Waals surface area contributed by atoms with Crippen LogP contribution in [-0.2, 0) is 27.3 Å². The molecule has 0 aliphatic carbocycles. The molecular formula is C13H15N3O3. The summed E-state index contributed by atoms with van der Waals surface area (Å²) in [6.45, 7) is 0.293. The second kappa shape index (κ2) is 5.62. The summed E-state index contributed by atoms with van der Waals surface area (Å²) in [4.78, 5) is 35.3. The highest BCUT2D eigenvalue weighted by atomic mass is 16.2. The van der Waals surface area contributed by atoms with Gasteiger partial charge in [-0.15, -0.1) is 0 Å². The van der Waals surface area contributed by atoms with Crippen molar-refractivity contribution < 1.29 is 14.4 Å². The molecule has 6 nitrogen and oxygen atoms in total. The van der Waals surface area contributed by atoms with Gasteiger partial charge in [-0.25, -0.2) is 5.84 Å². The summed E-state index contributed by atoms with van der Waals surface area (Å²) in [6, 6.07) is 7.18. The number of carbonyl (C=O) groups is 3. The van der Waals surface area contributed by atoms with Crippen molar-refractivity contribution in [3.8, 4) is 0 Å². The molecule has 1 fully saturated rings. The predicted molar refractivity (Wildman–Crippen MR) is 67.3 cm³/mol. The van der Waals surface area contributed by atoms with Crippen molar-refractivity contribution in [2.24, 2.45) is 5.84 Å². The highest BCUT2D eigenvalue weighted by Gasteiger charge is 2.28. The maximum atomic E-state index is 11.5. The fourth-order valence-electron chi connectivity index (χ4n) is 1.98. The van der Waals surface area contributed by atoms with Crippen molar-refractivity contribution in [2.75, 3.05) is 0 Å². The van der Waals surface area contributed by atoms with Gasteiger partial charge in [-0.05, 0) is 11.1 Å². The molecule has 1 aromatic carbocycles. The average Bonchev–Trinajstić information content (AvgIpc) is 2.72. The molecule has 0 spiro atoms. The first-order valence-corrected chi connectivity index (χ1v) is 6.00. The third kappa shape index (κ3) is 3.17. The quantitative estimate of drug-likeness (QED) is 0.342. The lowest BCUT2D eigenvalue weighted by atomic mass is 10.1. The van der Waals surface area contributed by atoms with Gasteiger partial charge in [0.1, 0.15) is 0 Å². The minimum absolute atomic E-state index is 0.128. The Kier molecular flexibility index (Phi) is 3.91. The van der Waals surface area contributed by atoms with Crippen LogP contribution in [0.1, 0.15) is 24.0 Å². The minimum atomic E-state index is -0.266. The van der Waals surface area contributed by atoms with E-state index in [2.05, 4.69) is 5.43 Å². The average molecular weight is 261 g/mol. The molecule has 0 radical (unpaired) electrons. The third-order valence-electron chi connectivity index (χ3n) is 3.04. The van der Waals surface area contributed by atoms with E-state index in [-0.39, 0.29) is 24.1 Å². The molecule has 3 N–H and O–H groups in total. The van der Waals surface area contributed by atoms with Crippen LogP contribution in [0.4, 0.5) is 0 Å². The number of nitrogens with zero attached hydrogens (tertiary/aromatic N) is 1. The molecule has 1 aromatic rings. The molecule has 1 heterocycles. The molecule has 0 bridgehead atoms. The van der Waals surface area contributed by atoms with Gasteiger partial charge in [0.2, 0.25) is 17.7 Å². The first-order valence-electron chi connectivity index (χ1n) is 6.00. The van der Waals surface area contributed by atoms with E-state index in [9.17, 15) is 14.4 Å². The van der Waals surface area contributed by atoms with Gasteiger partial charge in [-0.1, -0.05) is 24.3 Å². The zero-order valence-corrected chi connectivity index (χ0v) is 10.4. The molecule has 19 heavy (non-hydrogen) atoms. The van der Waals surface area contributed by atoms with Crippen LogP contribution in [0, 0.1) is 0 Å². The molecule has 1 aliphatic rings. The highest BCUT2D eigenvalue weighted by molar-refractivity contribution is 6.01. The number of likely N-dealkylation sites (tertiary alicyclic amines) is 1. The Morgan fingerprint density at radius 2 is 1.63 bits per heavy atom. The lowest BCUT2D eigenvalue weighted by Gasteiger charge is -2.13. The number of rotatable bonds is 4. The largest absolute Gasteiger partial charge is 0.294 e. The van der Waals surface area contributed by atoms with Crippen LogP contribution in [-0.4, -0.2) is 22.6 Å². The van der Waals surface area contributed by atoms with Crippen molar-refractivity contribution in [2.45, 2.75) is 25.8 Å². The van der Waals surface area contributed by atoms with E-state index in [1.165, 1.54) is 4.90 Å². The second-order valence-electron chi connectivity index (χ2n) is 4.43. The van der Waals surface area contributed by atoms with Crippen molar-refractivity contribution in [3.05, 3.63) is 35.4 Å². The number of hydrogen-bond acceptors (Lipinski definition) is 4. The van der Waals surface area contributed by atoms with Crippen molar-refractivity contribution >= 4 is 17.7 Å². The molecule has 1 aliphatic heterocycles. The third-order valence-corrected chi connectivity index (χ3v) is 3.04. The maximum absolute atomic E-state index is 11.5. The normalized spacial score (nSPS) is 14.9. The summed E-state index contributed by atoms with van der Waals surface area (Å²) in [6.07, 6.45) is 0.805. The maximum Gasteiger partial charge on any atom is 0.238 e. The number of hydrogen-bond donors (Lipinski definition) is 2. The topological polar surface area (TPSA) is 92.5 Å². The standard InChI is InChI=1S/C13H15N3O3/c14-15-11(17)7-9-1-3-10(4-2-9)8-16-12(18)5-6-13(16)19/h1-4H,5-8,14H2,(H,15,17). The SMILES string of the molecule is NNC(=O)Cc1ccc(CN2C(=O)CCC2=O)cc1. The van der Waals surface area contributed by atoms with E-state index >= 15 is 0 Å². The fraction of sp³-hybridized carbons (Fsp3) is 0.308. The van der Waals surface area contributed by atoms with Gasteiger partial charge in [0, 0.05) is 12.8 Å². The summed E-state index contributed by atoms with van der Waals surface area (Å²) in [5.41, 5.74) is 3.75. The van der Waals surface area contributed by atoms with Crippen LogP contribution in [0.3, 0.4) is 0 Å². The predicted octanol–water partition coefficient (Wildman–Crippen LogP) is -0.132. The van der Waals surface area contributed by atoms with Gasteiger partial charge in [0.15, 0.2) is 0 Å². The summed E-state index contributed by atoms with van der Waals surface area (Å²) < 4.78 is 0. The van der Waals surface area contributed by atoms with Crippen LogP contribution in [0.5, 0.6) is 0 Å². The molecule has 0 atom stereocenters. The van der Waals surface area contributed by atoms with Gasteiger partial charge >= 0.3 is 0 Å². The molecular weight excluding hydrogens is 246 g/mol. The molecule has 0 aromatic heterocycles. The summed E-state index contributed by atoms with van der Waals surface area (Å²) in [5, 5.41) is 0. The van der Waals surface area contributed by atoms with Crippen LogP contribution < -0.4 is 11.3 Å². The monoisotopic (exact) mass is 261 g/mol. The molecule has 3 amide bonds. The van der Waals surface area contributed by atoms with Gasteiger partial charge in [-0.3, -0.25) is 24.7 Å². The van der Waals surface area contributed by atoms with Crippen molar-refractivity contribution in [1.82, 2.24) is 10.3 Å². The summed E-state index contributed by atoms with van der Waals surface area (Å²) >= 11 is 0. The first-order chi connectivity index (χ1) is 9.10. The Hall–Kier alpha value is -2.21. The number of nitrogens with one attached hydrogen (secondary N) is 1. The van der Waals surface area contributed by atoms with Gasteiger partial charge < -0.3 is 0 Å². The number of nitrogens with two attached hydrogens (primary N) is 1. The van der Waals surface area contributed by atoms with Crippen molar-refractivity contribution in [1.29, 1.82) is 0 Å². The molecule has 1 saturated heterocycles. The Bertz CT molecular complexity index is 494. The lowest BCUT2D eigenvalue weighted by molar-refractivity contribution is -0.139. The van der Waals surface area contributed by atoms with Gasteiger partial charge in [0.25, 0.3) is 0 Å².